The van der Waals surface area contributed by atoms with E-state index in [1.54, 1.807) is 0 Å². The first-order valence-corrected chi connectivity index (χ1v) is 10.6. The van der Waals surface area contributed by atoms with Gasteiger partial charge in [-0.1, -0.05) is 42.0 Å². The molecule has 0 amide bonds. The van der Waals surface area contributed by atoms with Gasteiger partial charge in [0.2, 0.25) is 0 Å². The zero-order valence-electron chi connectivity index (χ0n) is 17.5. The molecule has 1 saturated carbocycles. The summed E-state index contributed by atoms with van der Waals surface area (Å²) in [7, 11) is 1.82. The van der Waals surface area contributed by atoms with Gasteiger partial charge in [0.25, 0.3) is 0 Å². The normalized spacial score (nSPS) is 30.5. The molecule has 1 unspecified atom stereocenters. The van der Waals surface area contributed by atoms with Gasteiger partial charge < -0.3 is 10.5 Å². The van der Waals surface area contributed by atoms with Crippen molar-refractivity contribution in [1.29, 1.82) is 0 Å². The Balaban J connectivity index is 1.65. The van der Waals surface area contributed by atoms with Gasteiger partial charge in [0.1, 0.15) is 5.84 Å². The molecule has 0 bridgehead atoms. The Kier molecular flexibility index (Phi) is 4.18. The number of fused-ring (bicyclic) bond motifs is 3. The van der Waals surface area contributed by atoms with Gasteiger partial charge in [0, 0.05) is 18.1 Å². The van der Waals surface area contributed by atoms with Crippen molar-refractivity contribution in [2.24, 2.45) is 21.1 Å². The van der Waals surface area contributed by atoms with E-state index in [2.05, 4.69) is 49.4 Å². The zero-order valence-corrected chi connectivity index (χ0v) is 17.5. The molecule has 1 fully saturated rings. The SMILES string of the molecule is COC1CCC2(CC1)Cc1ccc(-c3cccc(C)c3)cc1C21N=C(C)C(N)=N1. The average Bonchev–Trinajstić information content (AvgIpc) is 3.16. The fraction of sp³-hybridized carbons (Fsp3) is 0.440. The maximum absolute atomic E-state index is 6.30. The van der Waals surface area contributed by atoms with Crippen LogP contribution < -0.4 is 5.73 Å². The maximum atomic E-state index is 6.30. The van der Waals surface area contributed by atoms with E-state index in [4.69, 9.17) is 20.5 Å². The third-order valence-corrected chi connectivity index (χ3v) is 7.31. The fourth-order valence-corrected chi connectivity index (χ4v) is 5.68. The summed E-state index contributed by atoms with van der Waals surface area (Å²) in [5, 5.41) is 0. The molecule has 2 aromatic rings. The second-order valence-corrected chi connectivity index (χ2v) is 9.00. The topological polar surface area (TPSA) is 60.0 Å². The standard InChI is InChI=1S/C25H29N3O/c1-16-5-4-6-18(13-16)19-7-8-20-15-24(11-9-21(29-3)10-12-24)25(22(20)14-19)27-17(2)23(26)28-25/h4-8,13-14,21H,9-12,15H2,1-3H3,(H2,26,28). The zero-order chi connectivity index (χ0) is 20.2. The van der Waals surface area contributed by atoms with Crippen LogP contribution in [-0.4, -0.2) is 24.8 Å². The molecule has 1 atom stereocenters. The van der Waals surface area contributed by atoms with E-state index in [9.17, 15) is 0 Å². The number of aryl methyl sites for hydroxylation is 1. The summed E-state index contributed by atoms with van der Waals surface area (Å²) in [4.78, 5) is 10.2. The van der Waals surface area contributed by atoms with Gasteiger partial charge >= 0.3 is 0 Å². The smallest absolute Gasteiger partial charge is 0.184 e. The van der Waals surface area contributed by atoms with Crippen molar-refractivity contribution in [3.63, 3.8) is 0 Å². The Bertz CT molecular complexity index is 1010. The first-order valence-electron chi connectivity index (χ1n) is 10.6. The Morgan fingerprint density at radius 1 is 1.00 bits per heavy atom. The lowest BCUT2D eigenvalue weighted by molar-refractivity contribution is -0.000371. The molecule has 150 valence electrons. The minimum Gasteiger partial charge on any atom is -0.382 e. The highest BCUT2D eigenvalue weighted by Crippen LogP contribution is 2.62. The van der Waals surface area contributed by atoms with Crippen molar-refractivity contribution in [3.05, 3.63) is 59.2 Å². The van der Waals surface area contributed by atoms with Crippen LogP contribution in [0.3, 0.4) is 0 Å². The Labute approximate surface area is 172 Å². The van der Waals surface area contributed by atoms with Crippen LogP contribution in [0.1, 0.15) is 49.3 Å². The van der Waals surface area contributed by atoms with Crippen molar-refractivity contribution in [2.75, 3.05) is 7.11 Å². The van der Waals surface area contributed by atoms with Crippen LogP contribution >= 0.6 is 0 Å². The molecule has 0 saturated heterocycles. The molecule has 2 aromatic carbocycles. The third-order valence-electron chi connectivity index (χ3n) is 7.31. The molecule has 4 heteroatoms. The van der Waals surface area contributed by atoms with E-state index < -0.39 is 5.66 Å². The minimum atomic E-state index is -0.574. The van der Waals surface area contributed by atoms with E-state index in [0.717, 1.165) is 37.8 Å². The summed E-state index contributed by atoms with van der Waals surface area (Å²) in [6.45, 7) is 4.13. The molecule has 29 heavy (non-hydrogen) atoms. The summed E-state index contributed by atoms with van der Waals surface area (Å²) in [6.07, 6.45) is 5.60. The number of hydrogen-bond acceptors (Lipinski definition) is 4. The molecular weight excluding hydrogens is 358 g/mol. The molecule has 5 rings (SSSR count). The summed E-state index contributed by atoms with van der Waals surface area (Å²) >= 11 is 0. The third kappa shape index (κ3) is 2.69. The predicted molar refractivity (Wildman–Crippen MR) is 118 cm³/mol. The molecular formula is C25H29N3O. The summed E-state index contributed by atoms with van der Waals surface area (Å²) < 4.78 is 5.66. The molecule has 2 N–H and O–H groups in total. The molecule has 1 aliphatic heterocycles. The van der Waals surface area contributed by atoms with Crippen molar-refractivity contribution in [2.45, 2.75) is 57.7 Å². The van der Waals surface area contributed by atoms with Gasteiger partial charge in [-0.05, 0) is 68.7 Å². The number of hydrogen-bond donors (Lipinski definition) is 1. The highest BCUT2D eigenvalue weighted by molar-refractivity contribution is 6.41. The van der Waals surface area contributed by atoms with Gasteiger partial charge in [-0.3, -0.25) is 4.99 Å². The number of nitrogens with two attached hydrogens (primary N) is 1. The van der Waals surface area contributed by atoms with Crippen LogP contribution in [0.4, 0.5) is 0 Å². The first kappa shape index (κ1) is 18.6. The van der Waals surface area contributed by atoms with E-state index in [1.807, 2.05) is 14.0 Å². The maximum Gasteiger partial charge on any atom is 0.184 e. The minimum absolute atomic E-state index is 0.00201. The molecule has 0 radical (unpaired) electrons. The molecule has 2 spiro atoms. The Morgan fingerprint density at radius 2 is 1.76 bits per heavy atom. The monoisotopic (exact) mass is 387 g/mol. The number of rotatable bonds is 2. The van der Waals surface area contributed by atoms with Crippen LogP contribution in [0, 0.1) is 12.3 Å². The molecule has 4 nitrogen and oxygen atoms in total. The summed E-state index contributed by atoms with van der Waals surface area (Å²) in [5.74, 6) is 0.590. The highest BCUT2D eigenvalue weighted by Gasteiger charge is 2.60. The first-order chi connectivity index (χ1) is 14.0. The number of amidine groups is 1. The van der Waals surface area contributed by atoms with Crippen LogP contribution in [0.15, 0.2) is 52.4 Å². The van der Waals surface area contributed by atoms with Gasteiger partial charge in [-0.2, -0.15) is 0 Å². The summed E-state index contributed by atoms with van der Waals surface area (Å²) in [5.41, 5.74) is 12.9. The second-order valence-electron chi connectivity index (χ2n) is 9.00. The lowest BCUT2D eigenvalue weighted by Gasteiger charge is -2.44. The largest absolute Gasteiger partial charge is 0.382 e. The van der Waals surface area contributed by atoms with Crippen LogP contribution in [0.2, 0.25) is 0 Å². The quantitative estimate of drug-likeness (QED) is 0.806. The molecule has 0 aromatic heterocycles. The van der Waals surface area contributed by atoms with Crippen molar-refractivity contribution >= 4 is 11.5 Å². The number of methoxy groups -OCH3 is 1. The van der Waals surface area contributed by atoms with Gasteiger partial charge in [-0.25, -0.2) is 4.99 Å². The molecule has 1 heterocycles. The van der Waals surface area contributed by atoms with Gasteiger partial charge in [0.15, 0.2) is 5.66 Å². The van der Waals surface area contributed by atoms with Gasteiger partial charge in [0.05, 0.1) is 11.8 Å². The molecule has 3 aliphatic rings. The lowest BCUT2D eigenvalue weighted by Crippen LogP contribution is -2.43. The number of nitrogens with zero attached hydrogens (tertiary/aromatic N) is 2. The van der Waals surface area contributed by atoms with Crippen molar-refractivity contribution in [3.8, 4) is 11.1 Å². The van der Waals surface area contributed by atoms with Crippen molar-refractivity contribution in [1.82, 2.24) is 0 Å². The van der Waals surface area contributed by atoms with Crippen LogP contribution in [0.5, 0.6) is 0 Å². The number of ether oxygens (including phenoxy) is 1. The van der Waals surface area contributed by atoms with Crippen LogP contribution in [0.25, 0.3) is 11.1 Å². The van der Waals surface area contributed by atoms with E-state index in [1.165, 1.54) is 27.8 Å². The Hall–Kier alpha value is -2.46. The number of benzene rings is 2. The highest BCUT2D eigenvalue weighted by atomic mass is 16.5. The van der Waals surface area contributed by atoms with Crippen LogP contribution in [-0.2, 0) is 16.8 Å². The fourth-order valence-electron chi connectivity index (χ4n) is 5.68. The van der Waals surface area contributed by atoms with E-state index in [0.29, 0.717) is 11.9 Å². The van der Waals surface area contributed by atoms with Gasteiger partial charge in [-0.15, -0.1) is 0 Å². The average molecular weight is 388 g/mol. The lowest BCUT2D eigenvalue weighted by atomic mass is 9.65. The van der Waals surface area contributed by atoms with E-state index >= 15 is 0 Å². The number of aliphatic imine (C=N–C) groups is 2. The summed E-state index contributed by atoms with van der Waals surface area (Å²) in [6, 6.07) is 15.5. The van der Waals surface area contributed by atoms with E-state index in [-0.39, 0.29) is 5.41 Å². The predicted octanol–water partition coefficient (Wildman–Crippen LogP) is 4.78. The van der Waals surface area contributed by atoms with Crippen molar-refractivity contribution < 1.29 is 4.74 Å². The Morgan fingerprint density at radius 3 is 2.41 bits per heavy atom. The molecule has 2 aliphatic carbocycles. The second kappa shape index (κ2) is 6.53.